The molecule has 0 fully saturated rings. The van der Waals surface area contributed by atoms with Gasteiger partial charge in [-0.05, 0) is 36.1 Å². The molecule has 0 unspecified atom stereocenters. The van der Waals surface area contributed by atoms with Gasteiger partial charge in [-0.25, -0.2) is 9.97 Å². The summed E-state index contributed by atoms with van der Waals surface area (Å²) in [6.07, 6.45) is 5.11. The molecular formula is C18H23N3O. The Morgan fingerprint density at radius 3 is 3.05 bits per heavy atom. The van der Waals surface area contributed by atoms with Crippen molar-refractivity contribution in [1.82, 2.24) is 14.9 Å². The third kappa shape index (κ3) is 3.45. The fraction of sp³-hybridized carbons (Fsp3) is 0.444. The van der Waals surface area contributed by atoms with Crippen molar-refractivity contribution in [2.75, 3.05) is 13.7 Å². The second-order valence-corrected chi connectivity index (χ2v) is 5.82. The zero-order chi connectivity index (χ0) is 15.4. The summed E-state index contributed by atoms with van der Waals surface area (Å²) < 4.78 is 5.30. The average molecular weight is 297 g/mol. The molecule has 0 spiro atoms. The summed E-state index contributed by atoms with van der Waals surface area (Å²) in [6.45, 7) is 5.06. The maximum Gasteiger partial charge on any atom is 0.128 e. The fourth-order valence-corrected chi connectivity index (χ4v) is 2.91. The van der Waals surface area contributed by atoms with Crippen molar-refractivity contribution in [2.24, 2.45) is 0 Å². The van der Waals surface area contributed by atoms with Crippen molar-refractivity contribution in [1.29, 1.82) is 0 Å². The molecule has 1 aromatic carbocycles. The van der Waals surface area contributed by atoms with Gasteiger partial charge in [-0.1, -0.05) is 19.1 Å². The number of hydrogen-bond donors (Lipinski definition) is 0. The maximum absolute atomic E-state index is 5.30. The Labute approximate surface area is 132 Å². The van der Waals surface area contributed by atoms with Gasteiger partial charge in [-0.15, -0.1) is 0 Å². The van der Waals surface area contributed by atoms with Crippen molar-refractivity contribution in [3.05, 3.63) is 53.1 Å². The number of ether oxygens (including phenoxy) is 1. The van der Waals surface area contributed by atoms with E-state index < -0.39 is 0 Å². The maximum atomic E-state index is 5.30. The smallest absolute Gasteiger partial charge is 0.128 e. The third-order valence-electron chi connectivity index (χ3n) is 4.09. The summed E-state index contributed by atoms with van der Waals surface area (Å²) in [5.74, 6) is 1.90. The molecule has 22 heavy (non-hydrogen) atoms. The average Bonchev–Trinajstić information content (AvgIpc) is 2.55. The van der Waals surface area contributed by atoms with Crippen LogP contribution in [0.5, 0.6) is 5.75 Å². The van der Waals surface area contributed by atoms with Crippen molar-refractivity contribution in [2.45, 2.75) is 39.3 Å². The van der Waals surface area contributed by atoms with E-state index in [1.165, 1.54) is 16.8 Å². The Bertz CT molecular complexity index is 642. The molecule has 116 valence electrons. The molecule has 0 N–H and O–H groups in total. The lowest BCUT2D eigenvalue weighted by Gasteiger charge is -2.28. The topological polar surface area (TPSA) is 38.2 Å². The van der Waals surface area contributed by atoms with Gasteiger partial charge in [0.1, 0.15) is 11.6 Å². The number of rotatable bonds is 5. The molecule has 1 aliphatic heterocycles. The van der Waals surface area contributed by atoms with Gasteiger partial charge in [0.2, 0.25) is 0 Å². The molecule has 0 atom stereocenters. The highest BCUT2D eigenvalue weighted by Gasteiger charge is 2.18. The molecule has 4 nitrogen and oxygen atoms in total. The fourth-order valence-electron chi connectivity index (χ4n) is 2.91. The van der Waals surface area contributed by atoms with E-state index in [1.807, 2.05) is 18.3 Å². The first-order valence-electron chi connectivity index (χ1n) is 7.97. The van der Waals surface area contributed by atoms with Gasteiger partial charge in [-0.3, -0.25) is 4.90 Å². The van der Waals surface area contributed by atoms with Crippen molar-refractivity contribution in [3.63, 3.8) is 0 Å². The van der Waals surface area contributed by atoms with Crippen LogP contribution in [0, 0.1) is 0 Å². The molecule has 0 saturated heterocycles. The van der Waals surface area contributed by atoms with E-state index in [1.54, 1.807) is 7.11 Å². The Balaban J connectivity index is 1.71. The van der Waals surface area contributed by atoms with Gasteiger partial charge < -0.3 is 4.74 Å². The summed E-state index contributed by atoms with van der Waals surface area (Å²) in [7, 11) is 1.71. The van der Waals surface area contributed by atoms with E-state index in [0.29, 0.717) is 0 Å². The van der Waals surface area contributed by atoms with Crippen LogP contribution in [-0.4, -0.2) is 28.5 Å². The zero-order valence-corrected chi connectivity index (χ0v) is 13.4. The number of aryl methyl sites for hydroxylation is 1. The molecule has 2 heterocycles. The van der Waals surface area contributed by atoms with E-state index in [-0.39, 0.29) is 0 Å². The normalized spacial score (nSPS) is 14.6. The zero-order valence-electron chi connectivity index (χ0n) is 13.4. The minimum atomic E-state index is 0.909. The standard InChI is InChI=1S/C18H23N3O/c1-3-5-18-19-11-15-8-9-21(13-17(15)20-18)12-14-6-4-7-16(10-14)22-2/h4,6-7,10-11H,3,5,8-9,12-13H2,1-2H3. The Hall–Kier alpha value is -1.94. The predicted molar refractivity (Wildman–Crippen MR) is 86.8 cm³/mol. The summed E-state index contributed by atoms with van der Waals surface area (Å²) in [5, 5.41) is 0. The van der Waals surface area contributed by atoms with Crippen molar-refractivity contribution < 1.29 is 4.74 Å². The number of benzene rings is 1. The largest absolute Gasteiger partial charge is 0.497 e. The SMILES string of the molecule is CCCc1ncc2c(n1)CN(Cc1cccc(OC)c1)CC2. The first kappa shape index (κ1) is 15.0. The van der Waals surface area contributed by atoms with Crippen LogP contribution in [0.2, 0.25) is 0 Å². The first-order chi connectivity index (χ1) is 10.8. The monoisotopic (exact) mass is 297 g/mol. The summed E-state index contributed by atoms with van der Waals surface area (Å²) >= 11 is 0. The lowest BCUT2D eigenvalue weighted by atomic mass is 10.1. The number of nitrogens with zero attached hydrogens (tertiary/aromatic N) is 3. The number of aromatic nitrogens is 2. The van der Waals surface area contributed by atoms with Crippen LogP contribution in [0.15, 0.2) is 30.5 Å². The molecule has 0 bridgehead atoms. The summed E-state index contributed by atoms with van der Waals surface area (Å²) in [4.78, 5) is 11.7. The van der Waals surface area contributed by atoms with E-state index >= 15 is 0 Å². The van der Waals surface area contributed by atoms with Crippen LogP contribution < -0.4 is 4.74 Å². The van der Waals surface area contributed by atoms with Gasteiger partial charge in [0, 0.05) is 32.3 Å². The Morgan fingerprint density at radius 2 is 2.23 bits per heavy atom. The van der Waals surface area contributed by atoms with Crippen LogP contribution in [0.1, 0.15) is 36.0 Å². The highest BCUT2D eigenvalue weighted by Crippen LogP contribution is 2.20. The lowest BCUT2D eigenvalue weighted by Crippen LogP contribution is -2.31. The molecule has 0 radical (unpaired) electrons. The van der Waals surface area contributed by atoms with Crippen molar-refractivity contribution in [3.8, 4) is 5.75 Å². The van der Waals surface area contributed by atoms with Crippen LogP contribution >= 0.6 is 0 Å². The van der Waals surface area contributed by atoms with Gasteiger partial charge in [-0.2, -0.15) is 0 Å². The molecule has 0 amide bonds. The molecule has 1 aromatic heterocycles. The van der Waals surface area contributed by atoms with Crippen molar-refractivity contribution >= 4 is 0 Å². The van der Waals surface area contributed by atoms with Gasteiger partial charge in [0.05, 0.1) is 12.8 Å². The molecule has 0 aliphatic carbocycles. The van der Waals surface area contributed by atoms with Gasteiger partial charge in [0.15, 0.2) is 0 Å². The van der Waals surface area contributed by atoms with E-state index in [0.717, 1.165) is 50.5 Å². The van der Waals surface area contributed by atoms with Crippen LogP contribution in [0.25, 0.3) is 0 Å². The van der Waals surface area contributed by atoms with E-state index in [9.17, 15) is 0 Å². The molecule has 0 saturated carbocycles. The minimum absolute atomic E-state index is 0.909. The quantitative estimate of drug-likeness (QED) is 0.850. The summed E-state index contributed by atoms with van der Waals surface area (Å²) in [5.41, 5.74) is 3.79. The molecule has 3 rings (SSSR count). The second kappa shape index (κ2) is 6.88. The van der Waals surface area contributed by atoms with Crippen LogP contribution in [0.4, 0.5) is 0 Å². The number of fused-ring (bicyclic) bond motifs is 1. The van der Waals surface area contributed by atoms with Gasteiger partial charge >= 0.3 is 0 Å². The highest BCUT2D eigenvalue weighted by molar-refractivity contribution is 5.29. The third-order valence-corrected chi connectivity index (χ3v) is 4.09. The molecule has 4 heteroatoms. The van der Waals surface area contributed by atoms with Crippen LogP contribution in [-0.2, 0) is 25.9 Å². The predicted octanol–water partition coefficient (Wildman–Crippen LogP) is 3.00. The Kier molecular flexibility index (Phi) is 4.68. The second-order valence-electron chi connectivity index (χ2n) is 5.82. The summed E-state index contributed by atoms with van der Waals surface area (Å²) in [6, 6.07) is 8.30. The first-order valence-corrected chi connectivity index (χ1v) is 7.97. The minimum Gasteiger partial charge on any atom is -0.497 e. The lowest BCUT2D eigenvalue weighted by molar-refractivity contribution is 0.240. The van der Waals surface area contributed by atoms with E-state index in [4.69, 9.17) is 9.72 Å². The number of hydrogen-bond acceptors (Lipinski definition) is 4. The Morgan fingerprint density at radius 1 is 1.32 bits per heavy atom. The highest BCUT2D eigenvalue weighted by atomic mass is 16.5. The molecule has 2 aromatic rings. The molecular weight excluding hydrogens is 274 g/mol. The van der Waals surface area contributed by atoms with E-state index in [2.05, 4.69) is 28.9 Å². The number of methoxy groups -OCH3 is 1. The molecule has 1 aliphatic rings. The van der Waals surface area contributed by atoms with Gasteiger partial charge in [0.25, 0.3) is 0 Å². The van der Waals surface area contributed by atoms with Crippen LogP contribution in [0.3, 0.4) is 0 Å².